The zero-order valence-corrected chi connectivity index (χ0v) is 16.5. The van der Waals surface area contributed by atoms with Gasteiger partial charge in [-0.25, -0.2) is 13.1 Å². The summed E-state index contributed by atoms with van der Waals surface area (Å²) in [5.41, 5.74) is 1.01. The molecule has 0 atom stereocenters. The summed E-state index contributed by atoms with van der Waals surface area (Å²) in [6.45, 7) is 2.54. The molecule has 27 heavy (non-hydrogen) atoms. The molecule has 7 heteroatoms. The van der Waals surface area contributed by atoms with Crippen LogP contribution in [0.25, 0.3) is 0 Å². The molecule has 2 aromatic rings. The maximum absolute atomic E-state index is 12.3. The average Bonchev–Trinajstić information content (AvgIpc) is 2.68. The lowest BCUT2D eigenvalue weighted by Crippen LogP contribution is -2.24. The number of hydrogen-bond acceptors (Lipinski definition) is 4. The molecule has 0 aliphatic rings. The first-order chi connectivity index (χ1) is 13.0. The predicted octanol–water partition coefficient (Wildman–Crippen LogP) is 3.81. The molecule has 0 saturated heterocycles. The molecule has 2 rings (SSSR count). The Morgan fingerprint density at radius 1 is 0.963 bits per heavy atom. The third kappa shape index (κ3) is 6.37. The van der Waals surface area contributed by atoms with Crippen molar-refractivity contribution >= 4 is 21.6 Å². The highest BCUT2D eigenvalue weighted by molar-refractivity contribution is 7.89. The van der Waals surface area contributed by atoms with Gasteiger partial charge in [0.05, 0.1) is 12.0 Å². The minimum atomic E-state index is -3.53. The Hall–Kier alpha value is -2.38. The second-order valence-corrected chi connectivity index (χ2v) is 7.93. The summed E-state index contributed by atoms with van der Waals surface area (Å²) in [4.78, 5) is 12.4. The van der Waals surface area contributed by atoms with E-state index >= 15 is 0 Å². The van der Waals surface area contributed by atoms with Crippen molar-refractivity contribution in [3.05, 3.63) is 54.1 Å². The van der Waals surface area contributed by atoms with Crippen LogP contribution < -0.4 is 14.8 Å². The van der Waals surface area contributed by atoms with Crippen molar-refractivity contribution in [1.82, 2.24) is 4.72 Å². The molecule has 0 aliphatic carbocycles. The number of benzene rings is 2. The Morgan fingerprint density at radius 2 is 1.63 bits per heavy atom. The highest BCUT2D eigenvalue weighted by Gasteiger charge is 2.13. The van der Waals surface area contributed by atoms with E-state index < -0.39 is 10.0 Å². The number of unbranched alkanes of at least 4 members (excludes halogenated alkanes) is 3. The molecule has 0 aromatic heterocycles. The Morgan fingerprint density at radius 3 is 2.22 bits per heavy atom. The van der Waals surface area contributed by atoms with Gasteiger partial charge < -0.3 is 10.1 Å². The van der Waals surface area contributed by atoms with Crippen LogP contribution in [0, 0.1) is 0 Å². The molecular formula is C20H26N2O4S. The SMILES string of the molecule is CCCCCCNS(=O)(=O)c1ccc(NC(=O)c2ccc(OC)cc2)cc1. The number of carbonyl (C=O) groups excluding carboxylic acids is 1. The first-order valence-electron chi connectivity index (χ1n) is 9.01. The summed E-state index contributed by atoms with van der Waals surface area (Å²) in [6, 6.07) is 12.9. The number of hydrogen-bond donors (Lipinski definition) is 2. The number of methoxy groups -OCH3 is 1. The normalized spacial score (nSPS) is 11.2. The third-order valence-electron chi connectivity index (χ3n) is 4.10. The van der Waals surface area contributed by atoms with Crippen molar-refractivity contribution in [2.45, 2.75) is 37.5 Å². The van der Waals surface area contributed by atoms with Crippen molar-refractivity contribution in [3.8, 4) is 5.75 Å². The van der Waals surface area contributed by atoms with E-state index in [0.29, 0.717) is 23.5 Å². The highest BCUT2D eigenvalue weighted by Crippen LogP contribution is 2.16. The van der Waals surface area contributed by atoms with Gasteiger partial charge in [-0.3, -0.25) is 4.79 Å². The maximum atomic E-state index is 12.3. The Bertz CT molecular complexity index is 831. The standard InChI is InChI=1S/C20H26N2O4S/c1-3-4-5-6-15-21-27(24,25)19-13-9-17(10-14-19)22-20(23)16-7-11-18(26-2)12-8-16/h7-14,21H,3-6,15H2,1-2H3,(H,22,23). The van der Waals surface area contributed by atoms with Gasteiger partial charge in [0.25, 0.3) is 5.91 Å². The Labute approximate surface area is 161 Å². The second-order valence-electron chi connectivity index (χ2n) is 6.17. The van der Waals surface area contributed by atoms with Crippen molar-refractivity contribution in [1.29, 1.82) is 0 Å². The predicted molar refractivity (Wildman–Crippen MR) is 107 cm³/mol. The van der Waals surface area contributed by atoms with E-state index in [4.69, 9.17) is 4.74 Å². The van der Waals surface area contributed by atoms with Gasteiger partial charge in [-0.15, -0.1) is 0 Å². The maximum Gasteiger partial charge on any atom is 0.255 e. The van der Waals surface area contributed by atoms with Gasteiger partial charge in [0.2, 0.25) is 10.0 Å². The molecule has 0 saturated carbocycles. The van der Waals surface area contributed by atoms with E-state index in [9.17, 15) is 13.2 Å². The number of rotatable bonds is 10. The number of amides is 1. The summed E-state index contributed by atoms with van der Waals surface area (Å²) in [5.74, 6) is 0.394. The van der Waals surface area contributed by atoms with Gasteiger partial charge in [-0.2, -0.15) is 0 Å². The molecule has 0 spiro atoms. The van der Waals surface area contributed by atoms with Gasteiger partial charge in [-0.1, -0.05) is 26.2 Å². The molecule has 1 amide bonds. The monoisotopic (exact) mass is 390 g/mol. The fourth-order valence-corrected chi connectivity index (χ4v) is 3.58. The van der Waals surface area contributed by atoms with E-state index in [1.807, 2.05) is 0 Å². The first kappa shape index (κ1) is 20.9. The van der Waals surface area contributed by atoms with Crippen LogP contribution in [0.2, 0.25) is 0 Å². The van der Waals surface area contributed by atoms with Crippen LogP contribution in [0.4, 0.5) is 5.69 Å². The van der Waals surface area contributed by atoms with Crippen molar-refractivity contribution < 1.29 is 17.9 Å². The molecule has 2 aromatic carbocycles. The molecule has 0 aliphatic heterocycles. The van der Waals surface area contributed by atoms with Crippen LogP contribution in [0.1, 0.15) is 43.0 Å². The molecule has 6 nitrogen and oxygen atoms in total. The summed E-state index contributed by atoms with van der Waals surface area (Å²) in [6.07, 6.45) is 4.04. The molecule has 0 unspecified atom stereocenters. The average molecular weight is 391 g/mol. The molecule has 2 N–H and O–H groups in total. The van der Waals surface area contributed by atoms with Crippen LogP contribution in [0.3, 0.4) is 0 Å². The van der Waals surface area contributed by atoms with Gasteiger partial charge in [-0.05, 0) is 55.0 Å². The summed E-state index contributed by atoms with van der Waals surface area (Å²) in [7, 11) is -1.97. The molecular weight excluding hydrogens is 364 g/mol. The molecule has 0 heterocycles. The van der Waals surface area contributed by atoms with Gasteiger partial charge in [0, 0.05) is 17.8 Å². The third-order valence-corrected chi connectivity index (χ3v) is 5.57. The van der Waals surface area contributed by atoms with E-state index in [-0.39, 0.29) is 10.8 Å². The van der Waals surface area contributed by atoms with E-state index in [1.165, 1.54) is 12.1 Å². The largest absolute Gasteiger partial charge is 0.497 e. The molecule has 146 valence electrons. The van der Waals surface area contributed by atoms with Crippen LogP contribution in [0.15, 0.2) is 53.4 Å². The van der Waals surface area contributed by atoms with Crippen molar-refractivity contribution in [2.75, 3.05) is 19.0 Å². The number of carbonyl (C=O) groups is 1. The smallest absolute Gasteiger partial charge is 0.255 e. The topological polar surface area (TPSA) is 84.5 Å². The molecule has 0 fully saturated rings. The quantitative estimate of drug-likeness (QED) is 0.604. The molecule has 0 radical (unpaired) electrons. The van der Waals surface area contributed by atoms with E-state index in [2.05, 4.69) is 17.0 Å². The lowest BCUT2D eigenvalue weighted by atomic mass is 10.2. The second kappa shape index (κ2) is 10.1. The highest BCUT2D eigenvalue weighted by atomic mass is 32.2. The summed E-state index contributed by atoms with van der Waals surface area (Å²) in [5, 5.41) is 2.75. The Balaban J connectivity index is 1.94. The zero-order chi connectivity index (χ0) is 19.7. The fraction of sp³-hybridized carbons (Fsp3) is 0.350. The molecule has 0 bridgehead atoms. The number of anilines is 1. The summed E-state index contributed by atoms with van der Waals surface area (Å²) < 4.78 is 32.2. The van der Waals surface area contributed by atoms with Crippen LogP contribution >= 0.6 is 0 Å². The lowest BCUT2D eigenvalue weighted by Gasteiger charge is -2.09. The number of ether oxygens (including phenoxy) is 1. The zero-order valence-electron chi connectivity index (χ0n) is 15.7. The number of nitrogens with one attached hydrogen (secondary N) is 2. The van der Waals surface area contributed by atoms with Crippen LogP contribution in [-0.4, -0.2) is 28.0 Å². The van der Waals surface area contributed by atoms with Gasteiger partial charge in [0.1, 0.15) is 5.75 Å². The summed E-state index contributed by atoms with van der Waals surface area (Å²) >= 11 is 0. The lowest BCUT2D eigenvalue weighted by molar-refractivity contribution is 0.102. The van der Waals surface area contributed by atoms with Gasteiger partial charge >= 0.3 is 0 Å². The van der Waals surface area contributed by atoms with Crippen LogP contribution in [-0.2, 0) is 10.0 Å². The Kier molecular flexibility index (Phi) is 7.82. The minimum absolute atomic E-state index is 0.181. The fourth-order valence-electron chi connectivity index (χ4n) is 2.50. The minimum Gasteiger partial charge on any atom is -0.497 e. The first-order valence-corrected chi connectivity index (χ1v) is 10.5. The van der Waals surface area contributed by atoms with Gasteiger partial charge in [0.15, 0.2) is 0 Å². The number of sulfonamides is 1. The van der Waals surface area contributed by atoms with Crippen molar-refractivity contribution in [2.24, 2.45) is 0 Å². The van der Waals surface area contributed by atoms with E-state index in [1.54, 1.807) is 43.5 Å². The van der Waals surface area contributed by atoms with E-state index in [0.717, 1.165) is 25.7 Å². The van der Waals surface area contributed by atoms with Crippen LogP contribution in [0.5, 0.6) is 5.75 Å². The van der Waals surface area contributed by atoms with Crippen molar-refractivity contribution in [3.63, 3.8) is 0 Å².